The topological polar surface area (TPSA) is 71.8 Å². The maximum absolute atomic E-state index is 12.1. The van der Waals surface area contributed by atoms with E-state index in [-0.39, 0.29) is 6.03 Å². The van der Waals surface area contributed by atoms with E-state index in [9.17, 15) is 4.79 Å². The van der Waals surface area contributed by atoms with Crippen LogP contribution in [-0.2, 0) is 6.42 Å². The van der Waals surface area contributed by atoms with Crippen molar-refractivity contribution in [3.63, 3.8) is 0 Å². The second-order valence-corrected chi connectivity index (χ2v) is 6.19. The minimum atomic E-state index is -0.193. The Bertz CT molecular complexity index is 663. The van der Waals surface area contributed by atoms with E-state index >= 15 is 0 Å². The first-order chi connectivity index (χ1) is 11.1. The van der Waals surface area contributed by atoms with Crippen molar-refractivity contribution in [2.45, 2.75) is 39.2 Å². The summed E-state index contributed by atoms with van der Waals surface area (Å²) in [7, 11) is 0. The molecule has 1 saturated carbocycles. The number of anilines is 1. The molecule has 2 aromatic rings. The lowest BCUT2D eigenvalue weighted by Crippen LogP contribution is -2.32. The van der Waals surface area contributed by atoms with Crippen LogP contribution in [-0.4, -0.2) is 27.3 Å². The molecule has 122 valence electrons. The molecule has 0 saturated heterocycles. The SMILES string of the molecule is Cc1cnn([C@H](C)C2CC2)c1NC(=O)NCCc1cccnc1. The van der Waals surface area contributed by atoms with Crippen molar-refractivity contribution >= 4 is 11.8 Å². The summed E-state index contributed by atoms with van der Waals surface area (Å²) in [5.74, 6) is 1.48. The Morgan fingerprint density at radius 1 is 1.43 bits per heavy atom. The summed E-state index contributed by atoms with van der Waals surface area (Å²) < 4.78 is 1.94. The van der Waals surface area contributed by atoms with E-state index in [4.69, 9.17) is 0 Å². The summed E-state index contributed by atoms with van der Waals surface area (Å²) in [6.45, 7) is 4.70. The number of nitrogens with zero attached hydrogens (tertiary/aromatic N) is 3. The van der Waals surface area contributed by atoms with Crippen LogP contribution in [0.2, 0.25) is 0 Å². The van der Waals surface area contributed by atoms with Crippen LogP contribution >= 0.6 is 0 Å². The van der Waals surface area contributed by atoms with Crippen LogP contribution in [0, 0.1) is 12.8 Å². The van der Waals surface area contributed by atoms with Crippen LogP contribution < -0.4 is 10.6 Å². The van der Waals surface area contributed by atoms with E-state index in [1.54, 1.807) is 6.20 Å². The van der Waals surface area contributed by atoms with Gasteiger partial charge in [0.15, 0.2) is 0 Å². The summed E-state index contributed by atoms with van der Waals surface area (Å²) in [5.41, 5.74) is 2.09. The molecule has 1 aliphatic rings. The normalized spacial score (nSPS) is 15.2. The summed E-state index contributed by atoms with van der Waals surface area (Å²) in [6, 6.07) is 4.04. The standard InChI is InChI=1S/C17H23N5O/c1-12-10-20-22(13(2)15-5-6-15)16(12)21-17(23)19-9-7-14-4-3-8-18-11-14/h3-4,8,10-11,13,15H,5-7,9H2,1-2H3,(H2,19,21,23)/t13-/m1/s1. The first-order valence-corrected chi connectivity index (χ1v) is 8.13. The number of urea groups is 1. The van der Waals surface area contributed by atoms with Crippen molar-refractivity contribution in [3.8, 4) is 0 Å². The van der Waals surface area contributed by atoms with Crippen molar-refractivity contribution in [2.24, 2.45) is 5.92 Å². The fraction of sp³-hybridized carbons (Fsp3) is 0.471. The van der Waals surface area contributed by atoms with E-state index in [0.717, 1.165) is 23.4 Å². The number of aryl methyl sites for hydroxylation is 1. The van der Waals surface area contributed by atoms with Crippen LogP contribution in [0.1, 0.15) is 36.9 Å². The molecule has 0 aliphatic heterocycles. The van der Waals surface area contributed by atoms with Gasteiger partial charge in [-0.25, -0.2) is 9.48 Å². The number of amides is 2. The van der Waals surface area contributed by atoms with Crippen LogP contribution in [0.4, 0.5) is 10.6 Å². The van der Waals surface area contributed by atoms with Gasteiger partial charge >= 0.3 is 6.03 Å². The van der Waals surface area contributed by atoms with Gasteiger partial charge in [-0.2, -0.15) is 5.10 Å². The fourth-order valence-corrected chi connectivity index (χ4v) is 2.71. The number of aromatic nitrogens is 3. The molecule has 6 nitrogen and oxygen atoms in total. The zero-order valence-corrected chi connectivity index (χ0v) is 13.6. The number of carbonyl (C=O) groups excluding carboxylic acids is 1. The summed E-state index contributed by atoms with van der Waals surface area (Å²) >= 11 is 0. The van der Waals surface area contributed by atoms with Gasteiger partial charge in [0.25, 0.3) is 0 Å². The van der Waals surface area contributed by atoms with Crippen LogP contribution in [0.3, 0.4) is 0 Å². The van der Waals surface area contributed by atoms with Gasteiger partial charge < -0.3 is 5.32 Å². The molecule has 1 atom stereocenters. The highest BCUT2D eigenvalue weighted by Crippen LogP contribution is 2.40. The lowest BCUT2D eigenvalue weighted by molar-refractivity contribution is 0.252. The van der Waals surface area contributed by atoms with Crippen LogP contribution in [0.5, 0.6) is 0 Å². The first kappa shape index (κ1) is 15.5. The molecule has 2 heterocycles. The van der Waals surface area contributed by atoms with Gasteiger partial charge in [0, 0.05) is 24.5 Å². The van der Waals surface area contributed by atoms with Gasteiger partial charge in [-0.3, -0.25) is 10.3 Å². The average Bonchev–Trinajstić information content (AvgIpc) is 3.34. The van der Waals surface area contributed by atoms with Crippen molar-refractivity contribution in [1.29, 1.82) is 0 Å². The summed E-state index contributed by atoms with van der Waals surface area (Å²) in [5, 5.41) is 10.3. The zero-order valence-electron chi connectivity index (χ0n) is 13.6. The Morgan fingerprint density at radius 3 is 2.96 bits per heavy atom. The van der Waals surface area contributed by atoms with Gasteiger partial charge in [0.2, 0.25) is 0 Å². The number of hydrogen-bond acceptors (Lipinski definition) is 3. The molecule has 0 radical (unpaired) electrons. The maximum atomic E-state index is 12.1. The van der Waals surface area contributed by atoms with E-state index < -0.39 is 0 Å². The van der Waals surface area contributed by atoms with Gasteiger partial charge in [-0.1, -0.05) is 6.07 Å². The Balaban J connectivity index is 1.54. The molecule has 23 heavy (non-hydrogen) atoms. The number of hydrogen-bond donors (Lipinski definition) is 2. The predicted octanol–water partition coefficient (Wildman–Crippen LogP) is 2.92. The molecule has 0 spiro atoms. The summed E-state index contributed by atoms with van der Waals surface area (Å²) in [4.78, 5) is 16.2. The number of rotatable bonds is 6. The maximum Gasteiger partial charge on any atom is 0.320 e. The fourth-order valence-electron chi connectivity index (χ4n) is 2.71. The highest BCUT2D eigenvalue weighted by atomic mass is 16.2. The minimum absolute atomic E-state index is 0.193. The van der Waals surface area contributed by atoms with Gasteiger partial charge in [-0.05, 0) is 50.7 Å². The smallest absolute Gasteiger partial charge is 0.320 e. The molecule has 1 aliphatic carbocycles. The van der Waals surface area contributed by atoms with Crippen molar-refractivity contribution in [3.05, 3.63) is 41.9 Å². The molecule has 0 aromatic carbocycles. The van der Waals surface area contributed by atoms with E-state index in [1.807, 2.05) is 36.1 Å². The van der Waals surface area contributed by atoms with Gasteiger partial charge in [-0.15, -0.1) is 0 Å². The minimum Gasteiger partial charge on any atom is -0.337 e. The number of nitrogens with one attached hydrogen (secondary N) is 2. The average molecular weight is 313 g/mol. The molecule has 6 heteroatoms. The predicted molar refractivity (Wildman–Crippen MR) is 89.4 cm³/mol. The largest absolute Gasteiger partial charge is 0.337 e. The van der Waals surface area contributed by atoms with E-state index in [1.165, 1.54) is 12.8 Å². The molecule has 2 N–H and O–H groups in total. The van der Waals surface area contributed by atoms with E-state index in [0.29, 0.717) is 18.5 Å². The molecule has 0 bridgehead atoms. The highest BCUT2D eigenvalue weighted by Gasteiger charge is 2.31. The van der Waals surface area contributed by atoms with Crippen LogP contribution in [0.25, 0.3) is 0 Å². The zero-order chi connectivity index (χ0) is 16.2. The van der Waals surface area contributed by atoms with Gasteiger partial charge in [0.05, 0.1) is 12.2 Å². The number of pyridine rings is 1. The molecular weight excluding hydrogens is 290 g/mol. The highest BCUT2D eigenvalue weighted by molar-refractivity contribution is 5.89. The van der Waals surface area contributed by atoms with E-state index in [2.05, 4.69) is 27.6 Å². The Morgan fingerprint density at radius 2 is 2.26 bits per heavy atom. The van der Waals surface area contributed by atoms with Crippen LogP contribution in [0.15, 0.2) is 30.7 Å². The first-order valence-electron chi connectivity index (χ1n) is 8.13. The second kappa shape index (κ2) is 6.81. The van der Waals surface area contributed by atoms with Crippen molar-refractivity contribution in [2.75, 3.05) is 11.9 Å². The van der Waals surface area contributed by atoms with Gasteiger partial charge in [0.1, 0.15) is 5.82 Å². The monoisotopic (exact) mass is 313 g/mol. The summed E-state index contributed by atoms with van der Waals surface area (Å²) in [6.07, 6.45) is 8.63. The third-order valence-corrected chi connectivity index (χ3v) is 4.32. The molecule has 1 fully saturated rings. The molecule has 3 rings (SSSR count). The Labute approximate surface area is 136 Å². The molecule has 2 aromatic heterocycles. The lowest BCUT2D eigenvalue weighted by atomic mass is 10.2. The second-order valence-electron chi connectivity index (χ2n) is 6.19. The molecular formula is C17H23N5O. The Kier molecular flexibility index (Phi) is 4.60. The third kappa shape index (κ3) is 3.88. The lowest BCUT2D eigenvalue weighted by Gasteiger charge is -2.16. The third-order valence-electron chi connectivity index (χ3n) is 4.32. The molecule has 0 unspecified atom stereocenters. The van der Waals surface area contributed by atoms with Crippen molar-refractivity contribution in [1.82, 2.24) is 20.1 Å². The Hall–Kier alpha value is -2.37. The number of carbonyl (C=O) groups is 1. The quantitative estimate of drug-likeness (QED) is 0.861. The molecule has 2 amide bonds. The van der Waals surface area contributed by atoms with Crippen molar-refractivity contribution < 1.29 is 4.79 Å².